The zero-order valence-electron chi connectivity index (χ0n) is 16.8. The van der Waals surface area contributed by atoms with Crippen LogP contribution in [0, 0.1) is 6.92 Å². The first-order valence-corrected chi connectivity index (χ1v) is 10.8. The Bertz CT molecular complexity index is 1120. The van der Waals surface area contributed by atoms with Gasteiger partial charge in [-0.15, -0.1) is 0 Å². The summed E-state index contributed by atoms with van der Waals surface area (Å²) in [5, 5.41) is 2.43. The molecule has 0 bridgehead atoms. The maximum absolute atomic E-state index is 12.4. The number of rotatable bonds is 6. The lowest BCUT2D eigenvalue weighted by Gasteiger charge is -2.13. The minimum absolute atomic E-state index is 0.0552. The van der Waals surface area contributed by atoms with E-state index in [0.717, 1.165) is 11.1 Å². The summed E-state index contributed by atoms with van der Waals surface area (Å²) in [4.78, 5) is 35.9. The number of ketones is 1. The van der Waals surface area contributed by atoms with E-state index in [9.17, 15) is 22.8 Å². The fourth-order valence-electron chi connectivity index (χ4n) is 3.54. The van der Waals surface area contributed by atoms with Crippen LogP contribution in [0.3, 0.4) is 0 Å². The first-order valence-electron chi connectivity index (χ1n) is 9.31. The molecule has 2 aromatic carbocycles. The van der Waals surface area contributed by atoms with Gasteiger partial charge in [-0.25, -0.2) is 13.1 Å². The number of amides is 2. The second-order valence-corrected chi connectivity index (χ2v) is 8.80. The van der Waals surface area contributed by atoms with Crippen LogP contribution >= 0.6 is 0 Å². The highest BCUT2D eigenvalue weighted by molar-refractivity contribution is 7.90. The standard InChI is InChI=1S/C21H22N2O6S/c1-12-4-9-17(20-16(24)10-13(2)19(12)20)29-11-18(25)23-30(27,28)15-7-5-14(6-8-15)21(26)22-3/h4-9,13H,10-11H2,1-3H3,(H,22,26)(H,23,25). The SMILES string of the molecule is CNC(=O)c1ccc(S(=O)(=O)NC(=O)COc2ccc(C)c3c2C(=O)CC3C)cc1. The molecule has 2 N–H and O–H groups in total. The van der Waals surface area contributed by atoms with E-state index >= 15 is 0 Å². The van der Waals surface area contributed by atoms with Crippen molar-refractivity contribution in [2.24, 2.45) is 0 Å². The molecule has 1 aliphatic carbocycles. The van der Waals surface area contributed by atoms with Crippen LogP contribution in [-0.4, -0.2) is 39.7 Å². The van der Waals surface area contributed by atoms with Gasteiger partial charge in [0.25, 0.3) is 21.8 Å². The molecule has 158 valence electrons. The van der Waals surface area contributed by atoms with E-state index in [0.29, 0.717) is 17.5 Å². The maximum atomic E-state index is 12.4. The van der Waals surface area contributed by atoms with Gasteiger partial charge >= 0.3 is 0 Å². The lowest BCUT2D eigenvalue weighted by Crippen LogP contribution is -2.34. The molecule has 9 heteroatoms. The molecule has 30 heavy (non-hydrogen) atoms. The average molecular weight is 430 g/mol. The van der Waals surface area contributed by atoms with Crippen molar-refractivity contribution in [3.8, 4) is 5.75 Å². The van der Waals surface area contributed by atoms with Gasteiger partial charge in [-0.3, -0.25) is 14.4 Å². The minimum Gasteiger partial charge on any atom is -0.483 e. The molecule has 0 spiro atoms. The van der Waals surface area contributed by atoms with Crippen LogP contribution in [0.25, 0.3) is 0 Å². The van der Waals surface area contributed by atoms with Gasteiger partial charge in [0.05, 0.1) is 10.5 Å². The van der Waals surface area contributed by atoms with Gasteiger partial charge in [-0.2, -0.15) is 0 Å². The van der Waals surface area contributed by atoms with E-state index < -0.39 is 22.5 Å². The summed E-state index contributed by atoms with van der Waals surface area (Å²) in [5.74, 6) is -0.944. The predicted molar refractivity (Wildman–Crippen MR) is 109 cm³/mol. The second kappa shape index (κ2) is 8.27. The van der Waals surface area contributed by atoms with Crippen LogP contribution in [0.2, 0.25) is 0 Å². The Hall–Kier alpha value is -3.20. The number of carbonyl (C=O) groups excluding carboxylic acids is 3. The molecular weight excluding hydrogens is 408 g/mol. The zero-order chi connectivity index (χ0) is 22.1. The Morgan fingerprint density at radius 2 is 1.80 bits per heavy atom. The van der Waals surface area contributed by atoms with Crippen molar-refractivity contribution in [1.82, 2.24) is 10.0 Å². The number of nitrogens with one attached hydrogen (secondary N) is 2. The number of ether oxygens (including phenoxy) is 1. The molecule has 2 aromatic rings. The number of benzene rings is 2. The highest BCUT2D eigenvalue weighted by Crippen LogP contribution is 2.40. The summed E-state index contributed by atoms with van der Waals surface area (Å²) in [6.45, 7) is 3.30. The molecule has 0 radical (unpaired) electrons. The van der Waals surface area contributed by atoms with Gasteiger partial charge in [0.15, 0.2) is 12.4 Å². The third-order valence-corrected chi connectivity index (χ3v) is 6.34. The summed E-state index contributed by atoms with van der Waals surface area (Å²) < 4.78 is 32.2. The minimum atomic E-state index is -4.13. The number of hydrogen-bond acceptors (Lipinski definition) is 6. The van der Waals surface area contributed by atoms with E-state index in [-0.39, 0.29) is 28.3 Å². The number of aryl methyl sites for hydroxylation is 1. The van der Waals surface area contributed by atoms with Crippen molar-refractivity contribution in [3.05, 3.63) is 58.7 Å². The molecule has 8 nitrogen and oxygen atoms in total. The van der Waals surface area contributed by atoms with Crippen molar-refractivity contribution in [2.75, 3.05) is 13.7 Å². The van der Waals surface area contributed by atoms with Crippen LogP contribution < -0.4 is 14.8 Å². The summed E-state index contributed by atoms with van der Waals surface area (Å²) in [5.41, 5.74) is 2.63. The number of sulfonamides is 1. The van der Waals surface area contributed by atoms with E-state index in [4.69, 9.17) is 4.74 Å². The zero-order valence-corrected chi connectivity index (χ0v) is 17.6. The number of Topliss-reactive ketones (excluding diaryl/α,β-unsaturated/α-hetero) is 1. The fourth-order valence-corrected chi connectivity index (χ4v) is 4.51. The monoisotopic (exact) mass is 430 g/mol. The molecule has 1 unspecified atom stereocenters. The molecule has 0 saturated heterocycles. The first-order chi connectivity index (χ1) is 14.1. The topological polar surface area (TPSA) is 119 Å². The maximum Gasteiger partial charge on any atom is 0.271 e. The Morgan fingerprint density at radius 3 is 2.43 bits per heavy atom. The van der Waals surface area contributed by atoms with Crippen molar-refractivity contribution in [1.29, 1.82) is 0 Å². The van der Waals surface area contributed by atoms with E-state index in [1.165, 1.54) is 31.3 Å². The first kappa shape index (κ1) is 21.5. The summed E-state index contributed by atoms with van der Waals surface area (Å²) in [6.07, 6.45) is 0.378. The summed E-state index contributed by atoms with van der Waals surface area (Å²) in [7, 11) is -2.67. The molecular formula is C21H22N2O6S. The van der Waals surface area contributed by atoms with Crippen molar-refractivity contribution < 1.29 is 27.5 Å². The van der Waals surface area contributed by atoms with Crippen LogP contribution in [0.4, 0.5) is 0 Å². The van der Waals surface area contributed by atoms with Gasteiger partial charge in [-0.1, -0.05) is 13.0 Å². The largest absolute Gasteiger partial charge is 0.483 e. The van der Waals surface area contributed by atoms with Gasteiger partial charge < -0.3 is 10.1 Å². The van der Waals surface area contributed by atoms with Crippen LogP contribution in [-0.2, 0) is 14.8 Å². The van der Waals surface area contributed by atoms with E-state index in [1.54, 1.807) is 6.07 Å². The Labute approximate surface area is 174 Å². The lowest BCUT2D eigenvalue weighted by molar-refractivity contribution is -0.121. The lowest BCUT2D eigenvalue weighted by atomic mass is 9.97. The molecule has 0 aromatic heterocycles. The van der Waals surface area contributed by atoms with Crippen molar-refractivity contribution >= 4 is 27.6 Å². The van der Waals surface area contributed by atoms with Crippen molar-refractivity contribution in [3.63, 3.8) is 0 Å². The fraction of sp³-hybridized carbons (Fsp3) is 0.286. The molecule has 1 atom stereocenters. The molecule has 3 rings (SSSR count). The van der Waals surface area contributed by atoms with E-state index in [1.807, 2.05) is 24.6 Å². The van der Waals surface area contributed by atoms with Gasteiger partial charge in [0, 0.05) is 19.0 Å². The molecule has 0 saturated carbocycles. The quantitative estimate of drug-likeness (QED) is 0.723. The average Bonchev–Trinajstić information content (AvgIpc) is 3.02. The molecule has 2 amide bonds. The van der Waals surface area contributed by atoms with Gasteiger partial charge in [-0.05, 0) is 54.3 Å². The second-order valence-electron chi connectivity index (χ2n) is 7.12. The molecule has 0 fully saturated rings. The molecule has 1 aliphatic rings. The van der Waals surface area contributed by atoms with Gasteiger partial charge in [0.1, 0.15) is 5.75 Å². The Morgan fingerprint density at radius 1 is 1.13 bits per heavy atom. The van der Waals surface area contributed by atoms with Crippen LogP contribution in [0.5, 0.6) is 5.75 Å². The normalized spacial score (nSPS) is 15.4. The number of carbonyl (C=O) groups is 3. The van der Waals surface area contributed by atoms with Crippen molar-refractivity contribution in [2.45, 2.75) is 31.1 Å². The third kappa shape index (κ3) is 4.20. The van der Waals surface area contributed by atoms with E-state index in [2.05, 4.69) is 5.32 Å². The Kier molecular flexibility index (Phi) is 5.93. The summed E-state index contributed by atoms with van der Waals surface area (Å²) >= 11 is 0. The highest BCUT2D eigenvalue weighted by atomic mass is 32.2. The van der Waals surface area contributed by atoms with Crippen LogP contribution in [0.15, 0.2) is 41.3 Å². The molecule has 0 aliphatic heterocycles. The smallest absolute Gasteiger partial charge is 0.271 e. The third-order valence-electron chi connectivity index (χ3n) is 4.95. The molecule has 0 heterocycles. The number of fused-ring (bicyclic) bond motifs is 1. The highest BCUT2D eigenvalue weighted by Gasteiger charge is 2.31. The van der Waals surface area contributed by atoms with Crippen LogP contribution in [0.1, 0.15) is 51.1 Å². The summed E-state index contributed by atoms with van der Waals surface area (Å²) in [6, 6.07) is 8.57. The van der Waals surface area contributed by atoms with Gasteiger partial charge in [0.2, 0.25) is 0 Å². The predicted octanol–water partition coefficient (Wildman–Crippen LogP) is 1.93. The Balaban J connectivity index is 1.69. The number of hydrogen-bond donors (Lipinski definition) is 2.